The molecule has 43 heavy (non-hydrogen) atoms. The Kier molecular flexibility index (Phi) is 13.4. The molecule has 0 bridgehead atoms. The van der Waals surface area contributed by atoms with E-state index in [1.807, 2.05) is 44.2 Å². The molecule has 2 aliphatic carbocycles. The Bertz CT molecular complexity index is 1370. The summed E-state index contributed by atoms with van der Waals surface area (Å²) >= 11 is 0. The van der Waals surface area contributed by atoms with Crippen LogP contribution in [0.2, 0.25) is 0 Å². The van der Waals surface area contributed by atoms with Gasteiger partial charge in [0.25, 0.3) is 0 Å². The van der Waals surface area contributed by atoms with E-state index >= 15 is 0 Å². The third-order valence-electron chi connectivity index (χ3n) is 8.28. The highest BCUT2D eigenvalue weighted by Crippen LogP contribution is 2.41. The lowest BCUT2D eigenvalue weighted by molar-refractivity contribution is -0.125. The molecule has 232 valence electrons. The van der Waals surface area contributed by atoms with Crippen LogP contribution in [0.1, 0.15) is 88.5 Å². The minimum absolute atomic E-state index is 0.00483. The van der Waals surface area contributed by atoms with Gasteiger partial charge >= 0.3 is 0 Å². The molecule has 0 fully saturated rings. The first-order chi connectivity index (χ1) is 20.0. The van der Waals surface area contributed by atoms with Gasteiger partial charge in [0, 0.05) is 0 Å². The van der Waals surface area contributed by atoms with Gasteiger partial charge in [-0.15, -0.1) is 0 Å². The summed E-state index contributed by atoms with van der Waals surface area (Å²) in [7, 11) is 0. The van der Waals surface area contributed by atoms with Gasteiger partial charge in [-0.25, -0.2) is 0 Å². The Hall–Kier alpha value is -3.27. The molecule has 2 atom stereocenters. The second kappa shape index (κ2) is 16.0. The van der Waals surface area contributed by atoms with Crippen LogP contribution in [-0.4, -0.2) is 28.2 Å². The molecule has 0 aromatic heterocycles. The summed E-state index contributed by atoms with van der Waals surface area (Å²) < 4.78 is 0. The van der Waals surface area contributed by atoms with Crippen molar-refractivity contribution in [2.45, 2.75) is 101 Å². The zero-order valence-corrected chi connectivity index (χ0v) is 28.2. The summed E-state index contributed by atoms with van der Waals surface area (Å²) in [4.78, 5) is 12.2. The summed E-state index contributed by atoms with van der Waals surface area (Å²) in [5, 5.41) is 20.1. The molecule has 0 saturated carbocycles. The quantitative estimate of drug-likeness (QED) is 0.252. The third kappa shape index (κ3) is 11.4. The van der Waals surface area contributed by atoms with Crippen LogP contribution in [0.4, 0.5) is 0 Å². The Balaban J connectivity index is 1.93. The van der Waals surface area contributed by atoms with Crippen LogP contribution in [0, 0.1) is 10.8 Å². The van der Waals surface area contributed by atoms with Crippen LogP contribution in [0.5, 0.6) is 0 Å². The Morgan fingerprint density at radius 3 is 1.56 bits per heavy atom. The molecule has 2 rings (SSSR count). The van der Waals surface area contributed by atoms with Crippen molar-refractivity contribution in [3.63, 3.8) is 0 Å². The van der Waals surface area contributed by atoms with Crippen molar-refractivity contribution in [2.24, 2.45) is 10.8 Å². The Labute approximate surface area is 261 Å². The van der Waals surface area contributed by atoms with Crippen molar-refractivity contribution in [3.8, 4) is 0 Å². The number of aliphatic hydroxyl groups excluding tert-OH is 2. The highest BCUT2D eigenvalue weighted by atomic mass is 16.3. The number of Topliss-reactive ketones (excluding diaryl/α,β-unsaturated/α-hetero) is 1. The van der Waals surface area contributed by atoms with Gasteiger partial charge in [0.15, 0.2) is 5.78 Å². The number of hydrogen-bond acceptors (Lipinski definition) is 3. The molecule has 0 unspecified atom stereocenters. The van der Waals surface area contributed by atoms with Crippen molar-refractivity contribution in [1.29, 1.82) is 0 Å². The zero-order valence-electron chi connectivity index (χ0n) is 28.2. The first-order valence-corrected chi connectivity index (χ1v) is 15.4. The number of hydrogen-bond donors (Lipinski definition) is 2. The normalized spacial score (nSPS) is 24.8. The van der Waals surface area contributed by atoms with Crippen LogP contribution in [0.3, 0.4) is 0 Å². The molecule has 0 amide bonds. The SMILES string of the molecule is CC1=C(/C=C/C(C)=C/C=C/C(C)=C/C=C/C=C(C)/C=C/C=C(C)/C=C/C2=C(C)C(=O)[C@@H](O)CC2(C)C)C(C)(C)C[C@@H](O)C1. The number of ketones is 1. The smallest absolute Gasteiger partial charge is 0.187 e. The minimum atomic E-state index is -0.898. The lowest BCUT2D eigenvalue weighted by Crippen LogP contribution is -2.35. The maximum absolute atomic E-state index is 12.2. The van der Waals surface area contributed by atoms with E-state index in [2.05, 4.69) is 110 Å². The van der Waals surface area contributed by atoms with Crippen LogP contribution in [0.25, 0.3) is 0 Å². The first kappa shape index (κ1) is 35.9. The minimum Gasteiger partial charge on any atom is -0.393 e. The Morgan fingerprint density at radius 1 is 0.651 bits per heavy atom. The fourth-order valence-electron chi connectivity index (χ4n) is 5.88. The number of carbonyl (C=O) groups is 1. The van der Waals surface area contributed by atoms with Crippen LogP contribution < -0.4 is 0 Å². The fourth-order valence-corrected chi connectivity index (χ4v) is 5.88. The highest BCUT2D eigenvalue weighted by Gasteiger charge is 2.36. The molecule has 0 aliphatic heterocycles. The van der Waals surface area contributed by atoms with Crippen molar-refractivity contribution in [2.75, 3.05) is 0 Å². The molecule has 0 heterocycles. The number of aliphatic hydroxyl groups is 2. The van der Waals surface area contributed by atoms with Crippen LogP contribution >= 0.6 is 0 Å². The summed E-state index contributed by atoms with van der Waals surface area (Å²) in [6.07, 6.45) is 30.0. The predicted molar refractivity (Wildman–Crippen MR) is 185 cm³/mol. The molecule has 0 radical (unpaired) electrons. The van der Waals surface area contributed by atoms with Gasteiger partial charge in [-0.3, -0.25) is 4.79 Å². The fraction of sp³-hybridized carbons (Fsp3) is 0.425. The van der Waals surface area contributed by atoms with E-state index in [0.29, 0.717) is 12.0 Å². The second-order valence-electron chi connectivity index (χ2n) is 13.6. The molecule has 2 N–H and O–H groups in total. The van der Waals surface area contributed by atoms with Gasteiger partial charge < -0.3 is 10.2 Å². The number of allylic oxidation sites excluding steroid dienone is 20. The highest BCUT2D eigenvalue weighted by molar-refractivity contribution is 6.00. The van der Waals surface area contributed by atoms with Gasteiger partial charge in [-0.2, -0.15) is 0 Å². The number of carbonyl (C=O) groups excluding carboxylic acids is 1. The molecular formula is C40H54O3. The molecule has 3 heteroatoms. The Morgan fingerprint density at radius 2 is 1.07 bits per heavy atom. The van der Waals surface area contributed by atoms with Crippen LogP contribution in [0.15, 0.2) is 130 Å². The summed E-state index contributed by atoms with van der Waals surface area (Å²) in [5.74, 6) is -0.166. The van der Waals surface area contributed by atoms with E-state index in [9.17, 15) is 15.0 Å². The van der Waals surface area contributed by atoms with Crippen molar-refractivity contribution in [3.05, 3.63) is 130 Å². The summed E-state index contributed by atoms with van der Waals surface area (Å²) in [6.45, 7) is 20.8. The van der Waals surface area contributed by atoms with Gasteiger partial charge in [0.2, 0.25) is 0 Å². The van der Waals surface area contributed by atoms with Gasteiger partial charge in [0.05, 0.1) is 6.10 Å². The maximum Gasteiger partial charge on any atom is 0.187 e. The third-order valence-corrected chi connectivity index (χ3v) is 8.28. The largest absolute Gasteiger partial charge is 0.393 e. The average Bonchev–Trinajstić information content (AvgIpc) is 2.88. The van der Waals surface area contributed by atoms with Gasteiger partial charge in [0.1, 0.15) is 6.10 Å². The van der Waals surface area contributed by atoms with Crippen molar-refractivity contribution < 1.29 is 15.0 Å². The number of rotatable bonds is 10. The molecule has 0 saturated heterocycles. The zero-order chi connectivity index (χ0) is 32.4. The summed E-state index contributed by atoms with van der Waals surface area (Å²) in [6, 6.07) is 0. The monoisotopic (exact) mass is 582 g/mol. The lowest BCUT2D eigenvalue weighted by Gasteiger charge is -2.35. The van der Waals surface area contributed by atoms with E-state index in [4.69, 9.17) is 0 Å². The maximum atomic E-state index is 12.2. The molecule has 0 aromatic rings. The van der Waals surface area contributed by atoms with E-state index in [1.165, 1.54) is 22.3 Å². The molecule has 0 spiro atoms. The van der Waals surface area contributed by atoms with Crippen molar-refractivity contribution >= 4 is 5.78 Å². The van der Waals surface area contributed by atoms with Crippen LogP contribution in [-0.2, 0) is 4.79 Å². The van der Waals surface area contributed by atoms with Crippen molar-refractivity contribution in [1.82, 2.24) is 0 Å². The second-order valence-corrected chi connectivity index (χ2v) is 13.6. The van der Waals surface area contributed by atoms with Gasteiger partial charge in [-0.05, 0) is 88.4 Å². The molecule has 2 aliphatic rings. The van der Waals surface area contributed by atoms with E-state index in [1.54, 1.807) is 0 Å². The standard InChI is InChI=1S/C40H54O3/c1-28(17-13-19-30(3)21-23-35-32(5)25-34(41)26-39(35,7)8)15-11-12-16-29(2)18-14-20-31(4)22-24-36-33(6)38(43)37(42)27-40(36,9)10/h11-24,34,37,41-42H,25-27H2,1-10H3/b12-11+,17-13+,18-14+,23-21+,24-22+,28-15+,29-16+,30-19+,31-20+/t34-,37-/m0/s1. The van der Waals surface area contributed by atoms with E-state index < -0.39 is 6.10 Å². The predicted octanol–water partition coefficient (Wildman–Crippen LogP) is 9.73. The van der Waals surface area contributed by atoms with E-state index in [-0.39, 0.29) is 22.7 Å². The van der Waals surface area contributed by atoms with E-state index in [0.717, 1.165) is 29.6 Å². The van der Waals surface area contributed by atoms with Gasteiger partial charge in [-0.1, -0.05) is 141 Å². The average molecular weight is 583 g/mol. The topological polar surface area (TPSA) is 57.5 Å². The molecule has 3 nitrogen and oxygen atoms in total. The summed E-state index contributed by atoms with van der Waals surface area (Å²) in [5.41, 5.74) is 8.61. The lowest BCUT2D eigenvalue weighted by atomic mass is 9.71. The molecule has 0 aromatic carbocycles. The first-order valence-electron chi connectivity index (χ1n) is 15.4. The molecular weight excluding hydrogens is 528 g/mol.